The lowest BCUT2D eigenvalue weighted by Gasteiger charge is -2.54. The van der Waals surface area contributed by atoms with Crippen LogP contribution in [-0.2, 0) is 4.74 Å². The molecular formula is C17H31NO. The minimum atomic E-state index is 0.290. The minimum Gasteiger partial charge on any atom is -0.375 e. The summed E-state index contributed by atoms with van der Waals surface area (Å²) in [5.74, 6) is 1.57. The Morgan fingerprint density at radius 3 is 2.58 bits per heavy atom. The van der Waals surface area contributed by atoms with E-state index in [4.69, 9.17) is 4.74 Å². The Kier molecular flexibility index (Phi) is 3.92. The molecule has 3 aliphatic rings. The zero-order chi connectivity index (χ0) is 13.3. The van der Waals surface area contributed by atoms with Gasteiger partial charge in [0, 0.05) is 12.1 Å². The molecule has 110 valence electrons. The van der Waals surface area contributed by atoms with Crippen molar-refractivity contribution in [2.75, 3.05) is 13.2 Å². The van der Waals surface area contributed by atoms with Crippen LogP contribution in [0.4, 0.5) is 0 Å². The summed E-state index contributed by atoms with van der Waals surface area (Å²) >= 11 is 0. The molecule has 0 aromatic rings. The summed E-state index contributed by atoms with van der Waals surface area (Å²) in [7, 11) is 0. The second-order valence-electron chi connectivity index (χ2n) is 7.51. The molecule has 2 heteroatoms. The molecule has 0 radical (unpaired) electrons. The largest absolute Gasteiger partial charge is 0.375 e. The van der Waals surface area contributed by atoms with Crippen LogP contribution in [0.1, 0.15) is 71.6 Å². The lowest BCUT2D eigenvalue weighted by molar-refractivity contribution is -0.158. The summed E-state index contributed by atoms with van der Waals surface area (Å²) in [6.45, 7) is 7.09. The van der Waals surface area contributed by atoms with Crippen LogP contribution in [0.15, 0.2) is 0 Å². The summed E-state index contributed by atoms with van der Waals surface area (Å²) in [5.41, 5.74) is 0.682. The van der Waals surface area contributed by atoms with Gasteiger partial charge in [-0.1, -0.05) is 26.7 Å². The normalized spacial score (nSPS) is 39.0. The van der Waals surface area contributed by atoms with Crippen molar-refractivity contribution in [1.82, 2.24) is 5.32 Å². The molecule has 3 fully saturated rings. The number of hydrogen-bond donors (Lipinski definition) is 1. The number of rotatable bonds is 2. The van der Waals surface area contributed by atoms with Gasteiger partial charge in [-0.15, -0.1) is 0 Å². The van der Waals surface area contributed by atoms with Crippen molar-refractivity contribution in [2.45, 2.75) is 82.8 Å². The highest BCUT2D eigenvalue weighted by atomic mass is 16.5. The highest BCUT2D eigenvalue weighted by Crippen LogP contribution is 2.49. The SMILES string of the molecule is CC(C)C1(C2CCOC3(CCC3)C2)CCCCCN1. The monoisotopic (exact) mass is 265 g/mol. The average molecular weight is 265 g/mol. The number of hydrogen-bond acceptors (Lipinski definition) is 2. The topological polar surface area (TPSA) is 21.3 Å². The molecule has 2 aliphatic heterocycles. The summed E-state index contributed by atoms with van der Waals surface area (Å²) in [6, 6.07) is 0. The van der Waals surface area contributed by atoms with E-state index >= 15 is 0 Å². The summed E-state index contributed by atoms with van der Waals surface area (Å²) in [5, 5.41) is 3.99. The van der Waals surface area contributed by atoms with Crippen molar-refractivity contribution < 1.29 is 4.74 Å². The van der Waals surface area contributed by atoms with Gasteiger partial charge in [-0.2, -0.15) is 0 Å². The van der Waals surface area contributed by atoms with Crippen LogP contribution in [0.2, 0.25) is 0 Å². The van der Waals surface area contributed by atoms with Crippen molar-refractivity contribution in [3.63, 3.8) is 0 Å². The van der Waals surface area contributed by atoms with E-state index in [1.54, 1.807) is 0 Å². The third-order valence-corrected chi connectivity index (χ3v) is 6.24. The quantitative estimate of drug-likeness (QED) is 0.818. The number of nitrogens with one attached hydrogen (secondary N) is 1. The van der Waals surface area contributed by atoms with Crippen molar-refractivity contribution in [2.24, 2.45) is 11.8 Å². The van der Waals surface area contributed by atoms with Crippen molar-refractivity contribution in [3.8, 4) is 0 Å². The first kappa shape index (κ1) is 13.9. The van der Waals surface area contributed by atoms with Crippen molar-refractivity contribution in [3.05, 3.63) is 0 Å². The van der Waals surface area contributed by atoms with Crippen LogP contribution in [0.25, 0.3) is 0 Å². The second-order valence-corrected chi connectivity index (χ2v) is 7.51. The molecule has 0 aromatic carbocycles. The molecule has 0 bridgehead atoms. The highest BCUT2D eigenvalue weighted by Gasteiger charge is 2.50. The van der Waals surface area contributed by atoms with Gasteiger partial charge >= 0.3 is 0 Å². The van der Waals surface area contributed by atoms with Gasteiger partial charge in [0.2, 0.25) is 0 Å². The minimum absolute atomic E-state index is 0.290. The molecular weight excluding hydrogens is 234 g/mol. The molecule has 2 atom stereocenters. The van der Waals surface area contributed by atoms with Crippen molar-refractivity contribution in [1.29, 1.82) is 0 Å². The second kappa shape index (κ2) is 5.37. The van der Waals surface area contributed by atoms with Gasteiger partial charge in [0.05, 0.1) is 5.60 Å². The maximum absolute atomic E-state index is 6.15. The molecule has 1 saturated carbocycles. The first-order valence-electron chi connectivity index (χ1n) is 8.56. The summed E-state index contributed by atoms with van der Waals surface area (Å²) in [4.78, 5) is 0. The molecule has 0 aromatic heterocycles. The number of ether oxygens (including phenoxy) is 1. The van der Waals surface area contributed by atoms with Crippen LogP contribution < -0.4 is 5.32 Å². The molecule has 1 N–H and O–H groups in total. The fourth-order valence-electron chi connectivity index (χ4n) is 4.83. The lowest BCUT2D eigenvalue weighted by atomic mass is 9.63. The Bertz CT molecular complexity index is 300. The molecule has 2 nitrogen and oxygen atoms in total. The average Bonchev–Trinajstić information content (AvgIpc) is 2.63. The highest BCUT2D eigenvalue weighted by molar-refractivity contribution is 5.04. The first-order chi connectivity index (χ1) is 9.17. The molecule has 2 unspecified atom stereocenters. The first-order valence-corrected chi connectivity index (χ1v) is 8.56. The van der Waals surface area contributed by atoms with Crippen LogP contribution >= 0.6 is 0 Å². The maximum atomic E-state index is 6.15. The standard InChI is InChI=1S/C17H31NO/c1-14(2)17(10-4-3-5-11-18-17)15-7-12-19-16(13-15)8-6-9-16/h14-15,18H,3-13H2,1-2H3. The van der Waals surface area contributed by atoms with Gasteiger partial charge in [-0.3, -0.25) is 0 Å². The van der Waals surface area contributed by atoms with E-state index in [1.165, 1.54) is 64.3 Å². The van der Waals surface area contributed by atoms with E-state index in [0.29, 0.717) is 11.1 Å². The van der Waals surface area contributed by atoms with E-state index in [0.717, 1.165) is 18.4 Å². The molecule has 1 aliphatic carbocycles. The Morgan fingerprint density at radius 2 is 1.89 bits per heavy atom. The van der Waals surface area contributed by atoms with Gasteiger partial charge < -0.3 is 10.1 Å². The van der Waals surface area contributed by atoms with E-state index in [-0.39, 0.29) is 0 Å². The molecule has 19 heavy (non-hydrogen) atoms. The maximum Gasteiger partial charge on any atom is 0.0686 e. The molecule has 0 amide bonds. The third kappa shape index (κ3) is 2.47. The fourth-order valence-corrected chi connectivity index (χ4v) is 4.83. The molecule has 2 saturated heterocycles. The van der Waals surface area contributed by atoms with Crippen LogP contribution in [-0.4, -0.2) is 24.3 Å². The Labute approximate surface area is 118 Å². The van der Waals surface area contributed by atoms with E-state index in [9.17, 15) is 0 Å². The molecule has 1 spiro atoms. The van der Waals surface area contributed by atoms with Crippen molar-refractivity contribution >= 4 is 0 Å². The Hall–Kier alpha value is -0.0800. The molecule has 2 heterocycles. The summed E-state index contributed by atoms with van der Waals surface area (Å²) < 4.78 is 6.15. The van der Waals surface area contributed by atoms with Gasteiger partial charge in [-0.05, 0) is 63.3 Å². The van der Waals surface area contributed by atoms with E-state index < -0.39 is 0 Å². The van der Waals surface area contributed by atoms with Gasteiger partial charge in [0.1, 0.15) is 0 Å². The lowest BCUT2D eigenvalue weighted by Crippen LogP contribution is -2.59. The predicted molar refractivity (Wildman–Crippen MR) is 79.3 cm³/mol. The van der Waals surface area contributed by atoms with E-state index in [2.05, 4.69) is 19.2 Å². The van der Waals surface area contributed by atoms with Gasteiger partial charge in [0.25, 0.3) is 0 Å². The van der Waals surface area contributed by atoms with Crippen LogP contribution in [0.3, 0.4) is 0 Å². The zero-order valence-electron chi connectivity index (χ0n) is 12.8. The van der Waals surface area contributed by atoms with Gasteiger partial charge in [-0.25, -0.2) is 0 Å². The van der Waals surface area contributed by atoms with Crippen LogP contribution in [0.5, 0.6) is 0 Å². The Morgan fingerprint density at radius 1 is 1.05 bits per heavy atom. The molecule has 3 rings (SSSR count). The van der Waals surface area contributed by atoms with E-state index in [1.807, 2.05) is 0 Å². The fraction of sp³-hybridized carbons (Fsp3) is 1.00. The van der Waals surface area contributed by atoms with Gasteiger partial charge in [0.15, 0.2) is 0 Å². The zero-order valence-corrected chi connectivity index (χ0v) is 12.8. The smallest absolute Gasteiger partial charge is 0.0686 e. The van der Waals surface area contributed by atoms with Crippen LogP contribution in [0, 0.1) is 11.8 Å². The predicted octanol–water partition coefficient (Wildman–Crippen LogP) is 3.89. The summed E-state index contributed by atoms with van der Waals surface area (Å²) in [6.07, 6.45) is 12.2. The Balaban J connectivity index is 1.78. The third-order valence-electron chi connectivity index (χ3n) is 6.24.